The van der Waals surface area contributed by atoms with Gasteiger partial charge in [-0.3, -0.25) is 0 Å². The molecule has 0 aliphatic heterocycles. The lowest BCUT2D eigenvalue weighted by molar-refractivity contribution is 0.274. The van der Waals surface area contributed by atoms with Crippen LogP contribution >= 0.6 is 11.3 Å². The Balaban J connectivity index is 2.14. The van der Waals surface area contributed by atoms with E-state index in [4.69, 9.17) is 4.52 Å². The third-order valence-electron chi connectivity index (χ3n) is 3.36. The van der Waals surface area contributed by atoms with Crippen molar-refractivity contribution in [3.05, 3.63) is 39.4 Å². The molecule has 3 nitrogen and oxygen atoms in total. The first-order valence-electron chi connectivity index (χ1n) is 6.58. The fourth-order valence-corrected chi connectivity index (χ4v) is 3.29. The van der Waals surface area contributed by atoms with Gasteiger partial charge in [0.05, 0.1) is 5.69 Å². The first-order valence-corrected chi connectivity index (χ1v) is 7.46. The molecule has 2 rings (SSSR count). The Morgan fingerprint density at radius 2 is 2.11 bits per heavy atom. The van der Waals surface area contributed by atoms with Crippen LogP contribution in [0.4, 0.5) is 0 Å². The molecule has 0 aliphatic rings. The van der Waals surface area contributed by atoms with Crippen LogP contribution in [0.3, 0.4) is 0 Å². The first-order chi connectivity index (χ1) is 8.89. The molecular formula is C15H22N2OS. The van der Waals surface area contributed by atoms with Gasteiger partial charge in [-0.15, -0.1) is 11.3 Å². The highest BCUT2D eigenvalue weighted by molar-refractivity contribution is 7.10. The second-order valence-electron chi connectivity index (χ2n) is 6.00. The lowest BCUT2D eigenvalue weighted by Gasteiger charge is -2.31. The van der Waals surface area contributed by atoms with E-state index in [1.807, 2.05) is 13.8 Å². The maximum absolute atomic E-state index is 5.22. The van der Waals surface area contributed by atoms with Gasteiger partial charge in [0.25, 0.3) is 0 Å². The molecule has 0 aliphatic carbocycles. The summed E-state index contributed by atoms with van der Waals surface area (Å²) in [7, 11) is 0. The van der Waals surface area contributed by atoms with Gasteiger partial charge in [0, 0.05) is 23.0 Å². The SMILES string of the molecule is Cc1noc(C)c1CN[C@@H](c1cccs1)C(C)(C)C. The number of aromatic nitrogens is 1. The van der Waals surface area contributed by atoms with Crippen LogP contribution in [-0.2, 0) is 6.54 Å². The fraction of sp³-hybridized carbons (Fsp3) is 0.533. The summed E-state index contributed by atoms with van der Waals surface area (Å²) < 4.78 is 5.22. The molecule has 104 valence electrons. The van der Waals surface area contributed by atoms with Crippen LogP contribution in [0.15, 0.2) is 22.0 Å². The maximum atomic E-state index is 5.22. The predicted octanol–water partition coefficient (Wildman–Crippen LogP) is 4.23. The van der Waals surface area contributed by atoms with Crippen molar-refractivity contribution in [3.63, 3.8) is 0 Å². The van der Waals surface area contributed by atoms with Crippen molar-refractivity contribution in [2.24, 2.45) is 5.41 Å². The minimum atomic E-state index is 0.170. The van der Waals surface area contributed by atoms with E-state index in [1.54, 1.807) is 11.3 Å². The average molecular weight is 278 g/mol. The molecule has 0 saturated heterocycles. The highest BCUT2D eigenvalue weighted by Crippen LogP contribution is 2.35. The molecule has 0 fully saturated rings. The van der Waals surface area contributed by atoms with Crippen molar-refractivity contribution in [2.75, 3.05) is 0 Å². The molecule has 19 heavy (non-hydrogen) atoms. The van der Waals surface area contributed by atoms with Gasteiger partial charge in [-0.1, -0.05) is 32.0 Å². The molecule has 0 saturated carbocycles. The Morgan fingerprint density at radius 3 is 2.58 bits per heavy atom. The van der Waals surface area contributed by atoms with Gasteiger partial charge < -0.3 is 9.84 Å². The van der Waals surface area contributed by atoms with Crippen molar-refractivity contribution in [2.45, 2.75) is 47.2 Å². The maximum Gasteiger partial charge on any atom is 0.138 e. The van der Waals surface area contributed by atoms with Gasteiger partial charge in [0.1, 0.15) is 5.76 Å². The molecule has 0 spiro atoms. The molecule has 1 N–H and O–H groups in total. The third-order valence-corrected chi connectivity index (χ3v) is 4.30. The van der Waals surface area contributed by atoms with Crippen LogP contribution in [-0.4, -0.2) is 5.16 Å². The largest absolute Gasteiger partial charge is 0.361 e. The second kappa shape index (κ2) is 5.47. The highest BCUT2D eigenvalue weighted by Gasteiger charge is 2.27. The third kappa shape index (κ3) is 3.25. The van der Waals surface area contributed by atoms with Crippen LogP contribution in [0, 0.1) is 19.3 Å². The van der Waals surface area contributed by atoms with Crippen LogP contribution < -0.4 is 5.32 Å². The van der Waals surface area contributed by atoms with Crippen molar-refractivity contribution < 1.29 is 4.52 Å². The minimum absolute atomic E-state index is 0.170. The molecule has 2 aromatic rings. The fourth-order valence-electron chi connectivity index (χ4n) is 2.25. The van der Waals surface area contributed by atoms with Gasteiger partial charge in [-0.2, -0.15) is 0 Å². The Bertz CT molecular complexity index is 503. The van der Waals surface area contributed by atoms with Crippen LogP contribution in [0.25, 0.3) is 0 Å². The number of nitrogens with zero attached hydrogens (tertiary/aromatic N) is 1. The lowest BCUT2D eigenvalue weighted by Crippen LogP contribution is -2.31. The molecule has 0 radical (unpaired) electrons. The van der Waals surface area contributed by atoms with Gasteiger partial charge in [0.15, 0.2) is 0 Å². The summed E-state index contributed by atoms with van der Waals surface area (Å²) >= 11 is 1.80. The molecule has 0 aromatic carbocycles. The first kappa shape index (κ1) is 14.3. The lowest BCUT2D eigenvalue weighted by atomic mass is 9.85. The normalized spacial score (nSPS) is 13.7. The van der Waals surface area contributed by atoms with E-state index in [9.17, 15) is 0 Å². The molecule has 0 bridgehead atoms. The van der Waals surface area contributed by atoms with E-state index in [-0.39, 0.29) is 5.41 Å². The van der Waals surface area contributed by atoms with E-state index in [1.165, 1.54) is 10.4 Å². The summed E-state index contributed by atoms with van der Waals surface area (Å²) in [6.45, 7) is 11.5. The van der Waals surface area contributed by atoms with Gasteiger partial charge in [-0.25, -0.2) is 0 Å². The summed E-state index contributed by atoms with van der Waals surface area (Å²) in [5, 5.41) is 9.79. The second-order valence-corrected chi connectivity index (χ2v) is 6.98. The van der Waals surface area contributed by atoms with E-state index in [0.29, 0.717) is 6.04 Å². The number of hydrogen-bond acceptors (Lipinski definition) is 4. The Hall–Kier alpha value is -1.13. The zero-order valence-electron chi connectivity index (χ0n) is 12.3. The Kier molecular flexibility index (Phi) is 4.11. The number of thiophene rings is 1. The van der Waals surface area contributed by atoms with Crippen LogP contribution in [0.1, 0.15) is 48.7 Å². The minimum Gasteiger partial charge on any atom is -0.361 e. The molecule has 0 amide bonds. The van der Waals surface area contributed by atoms with E-state index in [2.05, 4.69) is 48.8 Å². The molecule has 4 heteroatoms. The van der Waals surface area contributed by atoms with Gasteiger partial charge in [-0.05, 0) is 30.7 Å². The molecule has 1 atom stereocenters. The summed E-state index contributed by atoms with van der Waals surface area (Å²) in [4.78, 5) is 1.37. The van der Waals surface area contributed by atoms with E-state index >= 15 is 0 Å². The standard InChI is InChI=1S/C15H22N2OS/c1-10-12(11(2)18-17-10)9-16-14(15(3,4)5)13-7-6-8-19-13/h6-8,14,16H,9H2,1-5H3/t14-/m0/s1. The van der Waals surface area contributed by atoms with Crippen molar-refractivity contribution in [3.8, 4) is 0 Å². The van der Waals surface area contributed by atoms with Gasteiger partial charge >= 0.3 is 0 Å². The smallest absolute Gasteiger partial charge is 0.138 e. The van der Waals surface area contributed by atoms with Gasteiger partial charge in [0.2, 0.25) is 0 Å². The summed E-state index contributed by atoms with van der Waals surface area (Å²) in [6, 6.07) is 4.64. The zero-order valence-corrected chi connectivity index (χ0v) is 13.1. The topological polar surface area (TPSA) is 38.1 Å². The Labute approximate surface area is 119 Å². The summed E-state index contributed by atoms with van der Waals surface area (Å²) in [5.41, 5.74) is 2.32. The number of rotatable bonds is 4. The van der Waals surface area contributed by atoms with Crippen molar-refractivity contribution >= 4 is 11.3 Å². The summed E-state index contributed by atoms with van der Waals surface area (Å²) in [6.07, 6.45) is 0. The van der Waals surface area contributed by atoms with E-state index < -0.39 is 0 Å². The quantitative estimate of drug-likeness (QED) is 0.909. The number of aryl methyl sites for hydroxylation is 2. The highest BCUT2D eigenvalue weighted by atomic mass is 32.1. The molecule has 2 aromatic heterocycles. The van der Waals surface area contributed by atoms with Crippen molar-refractivity contribution in [1.82, 2.24) is 10.5 Å². The van der Waals surface area contributed by atoms with Crippen LogP contribution in [0.5, 0.6) is 0 Å². The Morgan fingerprint density at radius 1 is 1.37 bits per heavy atom. The zero-order chi connectivity index (χ0) is 14.0. The predicted molar refractivity (Wildman–Crippen MR) is 79.3 cm³/mol. The molecule has 2 heterocycles. The average Bonchev–Trinajstić information content (AvgIpc) is 2.91. The van der Waals surface area contributed by atoms with E-state index in [0.717, 1.165) is 18.0 Å². The molecular weight excluding hydrogens is 256 g/mol. The molecule has 0 unspecified atom stereocenters. The van der Waals surface area contributed by atoms with Crippen LogP contribution in [0.2, 0.25) is 0 Å². The number of nitrogens with one attached hydrogen (secondary N) is 1. The number of hydrogen-bond donors (Lipinski definition) is 1. The monoisotopic (exact) mass is 278 g/mol. The summed E-state index contributed by atoms with van der Waals surface area (Å²) in [5.74, 6) is 0.906. The van der Waals surface area contributed by atoms with Crippen molar-refractivity contribution in [1.29, 1.82) is 0 Å².